The highest BCUT2D eigenvalue weighted by Gasteiger charge is 2.50. The van der Waals surface area contributed by atoms with Crippen molar-refractivity contribution in [3.05, 3.63) is 12.2 Å². The summed E-state index contributed by atoms with van der Waals surface area (Å²) >= 11 is 0. The molecule has 1 saturated carbocycles. The zero-order valence-corrected chi connectivity index (χ0v) is 17.8. The Balaban J connectivity index is 1.40. The maximum absolute atomic E-state index is 12.6. The minimum absolute atomic E-state index is 0.105. The number of aliphatic carboxylic acids is 1. The summed E-state index contributed by atoms with van der Waals surface area (Å²) in [7, 11) is -2.96. The molecule has 3 atom stereocenters. The van der Waals surface area contributed by atoms with Crippen molar-refractivity contribution in [3.63, 3.8) is 0 Å². The van der Waals surface area contributed by atoms with Gasteiger partial charge in [0, 0.05) is 6.42 Å². The molecule has 160 valence electrons. The van der Waals surface area contributed by atoms with Crippen molar-refractivity contribution in [1.82, 2.24) is 0 Å². The molecule has 1 N–H and O–H groups in total. The number of fused-ring (bicyclic) bond motifs is 2. The molecule has 0 aromatic heterocycles. The number of allylic oxidation sites excluding steroid dienone is 1. The highest BCUT2D eigenvalue weighted by atomic mass is 32.2. The van der Waals surface area contributed by atoms with Crippen LogP contribution in [-0.2, 0) is 19.4 Å². The molecule has 5 nitrogen and oxygen atoms in total. The Morgan fingerprint density at radius 3 is 2.68 bits per heavy atom. The standard InChI is InChI=1S/C22H36O5S/c23-21(24)10-6-1-2-7-13-22-14-11-20(27-22)19(16-22)12-15-28(25,26)17-18-8-4-3-5-9-18/h2,7,18-20H,1,3-6,8-17H2,(H,23,24)/t19-,20-,22+/m1/s1. The molecular formula is C22H36O5S. The van der Waals surface area contributed by atoms with Gasteiger partial charge >= 0.3 is 5.97 Å². The zero-order chi connectivity index (χ0) is 20.0. The molecule has 28 heavy (non-hydrogen) atoms. The van der Waals surface area contributed by atoms with Crippen LogP contribution in [0.4, 0.5) is 0 Å². The summed E-state index contributed by atoms with van der Waals surface area (Å²) in [4.78, 5) is 10.5. The van der Waals surface area contributed by atoms with E-state index in [2.05, 4.69) is 12.2 Å². The van der Waals surface area contributed by atoms with Gasteiger partial charge in [0.05, 0.1) is 23.2 Å². The predicted molar refractivity (Wildman–Crippen MR) is 110 cm³/mol. The fourth-order valence-electron chi connectivity index (χ4n) is 5.37. The molecule has 3 rings (SSSR count). The quantitative estimate of drug-likeness (QED) is 0.399. The Bertz CT molecular complexity index is 650. The summed E-state index contributed by atoms with van der Waals surface area (Å²) in [6.07, 6.45) is 16.6. The molecule has 0 aromatic rings. The van der Waals surface area contributed by atoms with E-state index in [-0.39, 0.29) is 18.1 Å². The summed E-state index contributed by atoms with van der Waals surface area (Å²) in [5.41, 5.74) is -0.105. The summed E-state index contributed by atoms with van der Waals surface area (Å²) in [5.74, 6) is 0.707. The average Bonchev–Trinajstić information content (AvgIpc) is 3.22. The first-order valence-electron chi connectivity index (χ1n) is 11.1. The summed E-state index contributed by atoms with van der Waals surface area (Å²) in [6.45, 7) is 0. The van der Waals surface area contributed by atoms with Gasteiger partial charge in [-0.25, -0.2) is 8.42 Å². The largest absolute Gasteiger partial charge is 0.481 e. The van der Waals surface area contributed by atoms with Crippen LogP contribution in [0, 0.1) is 11.8 Å². The molecule has 2 saturated heterocycles. The third-order valence-corrected chi connectivity index (χ3v) is 8.71. The Hall–Kier alpha value is -0.880. The van der Waals surface area contributed by atoms with Crippen molar-refractivity contribution >= 4 is 15.8 Å². The highest BCUT2D eigenvalue weighted by Crippen LogP contribution is 2.50. The Kier molecular flexibility index (Phi) is 7.60. The highest BCUT2D eigenvalue weighted by molar-refractivity contribution is 7.91. The van der Waals surface area contributed by atoms with Gasteiger partial charge in [-0.3, -0.25) is 4.79 Å². The van der Waals surface area contributed by atoms with Crippen molar-refractivity contribution in [2.45, 2.75) is 95.2 Å². The number of hydrogen-bond acceptors (Lipinski definition) is 4. The monoisotopic (exact) mass is 412 g/mol. The Labute approximate surface area is 169 Å². The molecule has 3 aliphatic rings. The molecule has 1 aliphatic carbocycles. The normalized spacial score (nSPS) is 31.0. The van der Waals surface area contributed by atoms with Gasteiger partial charge in [-0.05, 0) is 69.6 Å². The second kappa shape index (κ2) is 9.75. The lowest BCUT2D eigenvalue weighted by atomic mass is 9.78. The van der Waals surface area contributed by atoms with Crippen molar-refractivity contribution in [3.8, 4) is 0 Å². The molecule has 2 heterocycles. The number of sulfone groups is 1. The van der Waals surface area contributed by atoms with Gasteiger partial charge in [0.1, 0.15) is 0 Å². The Morgan fingerprint density at radius 2 is 1.93 bits per heavy atom. The van der Waals surface area contributed by atoms with Gasteiger partial charge in [0.2, 0.25) is 0 Å². The van der Waals surface area contributed by atoms with Gasteiger partial charge in [-0.15, -0.1) is 0 Å². The topological polar surface area (TPSA) is 80.7 Å². The Morgan fingerprint density at radius 1 is 1.14 bits per heavy atom. The van der Waals surface area contributed by atoms with E-state index in [4.69, 9.17) is 9.84 Å². The van der Waals surface area contributed by atoms with Gasteiger partial charge in [0.15, 0.2) is 9.84 Å². The molecule has 0 spiro atoms. The summed E-state index contributed by atoms with van der Waals surface area (Å²) in [5, 5.41) is 8.67. The van der Waals surface area contributed by atoms with E-state index < -0.39 is 15.8 Å². The SMILES string of the molecule is O=C(O)CCCC=CC[C@@]12CC[C@@H](O1)[C@H](CCS(=O)(=O)CC1CCCCC1)C2. The summed E-state index contributed by atoms with van der Waals surface area (Å²) in [6, 6.07) is 0. The van der Waals surface area contributed by atoms with Crippen molar-refractivity contribution in [2.75, 3.05) is 11.5 Å². The van der Waals surface area contributed by atoms with Crippen LogP contribution in [0.5, 0.6) is 0 Å². The molecule has 2 bridgehead atoms. The number of carboxylic acids is 1. The van der Waals surface area contributed by atoms with Crippen LogP contribution >= 0.6 is 0 Å². The van der Waals surface area contributed by atoms with Crippen LogP contribution in [-0.4, -0.2) is 42.7 Å². The van der Waals surface area contributed by atoms with Crippen LogP contribution in [0.15, 0.2) is 12.2 Å². The molecule has 3 fully saturated rings. The lowest BCUT2D eigenvalue weighted by Crippen LogP contribution is -2.27. The smallest absolute Gasteiger partial charge is 0.303 e. The molecule has 0 radical (unpaired) electrons. The second-order valence-corrected chi connectivity index (χ2v) is 11.4. The van der Waals surface area contributed by atoms with Crippen molar-refractivity contribution in [1.29, 1.82) is 0 Å². The van der Waals surface area contributed by atoms with E-state index in [0.717, 1.165) is 51.4 Å². The third kappa shape index (κ3) is 6.31. The molecule has 0 aromatic carbocycles. The van der Waals surface area contributed by atoms with Gasteiger partial charge in [-0.1, -0.05) is 31.4 Å². The number of carbonyl (C=O) groups is 1. The van der Waals surface area contributed by atoms with Crippen molar-refractivity contribution < 1.29 is 23.1 Å². The first-order chi connectivity index (χ1) is 13.4. The van der Waals surface area contributed by atoms with Crippen LogP contribution in [0.2, 0.25) is 0 Å². The third-order valence-electron chi connectivity index (χ3n) is 6.88. The summed E-state index contributed by atoms with van der Waals surface area (Å²) < 4.78 is 31.4. The van der Waals surface area contributed by atoms with E-state index in [1.54, 1.807) is 0 Å². The average molecular weight is 413 g/mol. The fraction of sp³-hybridized carbons (Fsp3) is 0.864. The van der Waals surface area contributed by atoms with Crippen LogP contribution < -0.4 is 0 Å². The number of carboxylic acid groups (broad SMARTS) is 1. The number of unbranched alkanes of at least 4 members (excludes halogenated alkanes) is 1. The predicted octanol–water partition coefficient (Wildman–Crippen LogP) is 4.51. The van der Waals surface area contributed by atoms with E-state index in [1.807, 2.05) is 0 Å². The molecule has 6 heteroatoms. The van der Waals surface area contributed by atoms with Gasteiger partial charge < -0.3 is 9.84 Å². The maximum atomic E-state index is 12.6. The van der Waals surface area contributed by atoms with Crippen LogP contribution in [0.1, 0.15) is 83.5 Å². The number of rotatable bonds is 11. The minimum Gasteiger partial charge on any atom is -0.481 e. The van der Waals surface area contributed by atoms with E-state index in [1.165, 1.54) is 19.3 Å². The molecule has 0 amide bonds. The molecule has 0 unspecified atom stereocenters. The lowest BCUT2D eigenvalue weighted by molar-refractivity contribution is -0.137. The zero-order valence-electron chi connectivity index (χ0n) is 17.0. The number of ether oxygens (including phenoxy) is 1. The van der Waals surface area contributed by atoms with E-state index >= 15 is 0 Å². The second-order valence-electron chi connectivity index (χ2n) is 9.21. The van der Waals surface area contributed by atoms with E-state index in [9.17, 15) is 13.2 Å². The number of hydrogen-bond donors (Lipinski definition) is 1. The van der Waals surface area contributed by atoms with Crippen molar-refractivity contribution in [2.24, 2.45) is 11.8 Å². The maximum Gasteiger partial charge on any atom is 0.303 e. The first kappa shape index (κ1) is 21.8. The van der Waals surface area contributed by atoms with Crippen LogP contribution in [0.3, 0.4) is 0 Å². The minimum atomic E-state index is -2.96. The molecule has 2 aliphatic heterocycles. The van der Waals surface area contributed by atoms with E-state index in [0.29, 0.717) is 29.8 Å². The van der Waals surface area contributed by atoms with Gasteiger partial charge in [-0.2, -0.15) is 0 Å². The first-order valence-corrected chi connectivity index (χ1v) is 12.9. The lowest BCUT2D eigenvalue weighted by Gasteiger charge is -2.26. The molecular weight excluding hydrogens is 376 g/mol. The van der Waals surface area contributed by atoms with Gasteiger partial charge in [0.25, 0.3) is 0 Å². The fourth-order valence-corrected chi connectivity index (χ4v) is 7.25. The van der Waals surface area contributed by atoms with Crippen LogP contribution in [0.25, 0.3) is 0 Å².